The molecule has 0 radical (unpaired) electrons. The van der Waals surface area contributed by atoms with Gasteiger partial charge >= 0.3 is 6.03 Å². The lowest BCUT2D eigenvalue weighted by molar-refractivity contribution is 0.232. The van der Waals surface area contributed by atoms with Crippen LogP contribution in [0.2, 0.25) is 0 Å². The van der Waals surface area contributed by atoms with E-state index >= 15 is 0 Å². The van der Waals surface area contributed by atoms with Crippen LogP contribution in [0.15, 0.2) is 28.9 Å². The molecule has 0 aliphatic rings. The molecule has 0 spiro atoms. The number of likely N-dealkylation sites (N-methyl/N-ethyl adjacent to an activating group) is 1. The van der Waals surface area contributed by atoms with Crippen LogP contribution in [0.3, 0.4) is 0 Å². The first-order chi connectivity index (χ1) is 14.2. The van der Waals surface area contributed by atoms with Crippen molar-refractivity contribution in [1.29, 1.82) is 0 Å². The molecule has 8 nitrogen and oxygen atoms in total. The lowest BCUT2D eigenvalue weighted by atomic mass is 10.1. The largest absolute Gasteiger partial charge is 0.361 e. The number of hydrogen-bond acceptors (Lipinski definition) is 5. The van der Waals surface area contributed by atoms with Gasteiger partial charge in [0.25, 0.3) is 0 Å². The molecular weight excluding hydrogens is 380 g/mol. The van der Waals surface area contributed by atoms with Crippen molar-refractivity contribution in [2.75, 3.05) is 27.2 Å². The Morgan fingerprint density at radius 1 is 1.23 bits per heavy atom. The minimum absolute atomic E-state index is 0.198. The Balaban J connectivity index is 1.57. The van der Waals surface area contributed by atoms with Gasteiger partial charge in [-0.25, -0.2) is 4.79 Å². The number of hydrogen-bond donors (Lipinski definition) is 3. The Hall–Kier alpha value is -2.87. The molecule has 0 saturated heterocycles. The SMILES string of the molecule is CN(C)CCc1c[nH]c2ccc(Cc3nc(CCNC(=O)NC(C)(C)C)no3)cc12. The number of benzene rings is 1. The van der Waals surface area contributed by atoms with Gasteiger partial charge in [-0.3, -0.25) is 0 Å². The second-order valence-electron chi connectivity index (χ2n) is 8.91. The highest BCUT2D eigenvalue weighted by molar-refractivity contribution is 5.84. The lowest BCUT2D eigenvalue weighted by Gasteiger charge is -2.20. The van der Waals surface area contributed by atoms with Gasteiger partial charge in [0.2, 0.25) is 5.89 Å². The maximum absolute atomic E-state index is 11.8. The Morgan fingerprint density at radius 2 is 2.03 bits per heavy atom. The molecule has 1 aromatic carbocycles. The van der Waals surface area contributed by atoms with E-state index in [-0.39, 0.29) is 11.6 Å². The van der Waals surface area contributed by atoms with Crippen LogP contribution < -0.4 is 10.6 Å². The van der Waals surface area contributed by atoms with E-state index in [1.165, 1.54) is 10.9 Å². The second kappa shape index (κ2) is 9.30. The predicted molar refractivity (Wildman–Crippen MR) is 118 cm³/mol. The normalized spacial score (nSPS) is 11.9. The summed E-state index contributed by atoms with van der Waals surface area (Å²) < 4.78 is 5.41. The molecule has 2 heterocycles. The van der Waals surface area contributed by atoms with E-state index in [1.54, 1.807) is 0 Å². The average molecular weight is 413 g/mol. The third-order valence-corrected chi connectivity index (χ3v) is 4.65. The topological polar surface area (TPSA) is 99.1 Å². The third-order valence-electron chi connectivity index (χ3n) is 4.65. The standard InChI is InChI=1S/C22H32N6O2/c1-22(2,3)26-21(29)23-10-8-19-25-20(30-27-19)13-15-6-7-18-17(12-15)16(14-24-18)9-11-28(4)5/h6-7,12,14,24H,8-11,13H2,1-5H3,(H2,23,26,29). The molecule has 2 amide bonds. The van der Waals surface area contributed by atoms with Crippen LogP contribution >= 0.6 is 0 Å². The number of aromatic nitrogens is 3. The number of H-pyrrole nitrogens is 1. The zero-order chi connectivity index (χ0) is 21.7. The fraction of sp³-hybridized carbons (Fsp3) is 0.500. The molecule has 0 unspecified atom stereocenters. The molecule has 2 aromatic heterocycles. The maximum Gasteiger partial charge on any atom is 0.315 e. The van der Waals surface area contributed by atoms with Gasteiger partial charge in [-0.2, -0.15) is 4.98 Å². The summed E-state index contributed by atoms with van der Waals surface area (Å²) in [4.78, 5) is 21.8. The lowest BCUT2D eigenvalue weighted by Crippen LogP contribution is -2.46. The van der Waals surface area contributed by atoms with Crippen LogP contribution in [0.1, 0.15) is 43.6 Å². The van der Waals surface area contributed by atoms with E-state index < -0.39 is 0 Å². The quantitative estimate of drug-likeness (QED) is 0.528. The molecule has 8 heteroatoms. The smallest absolute Gasteiger partial charge is 0.315 e. The highest BCUT2D eigenvalue weighted by Crippen LogP contribution is 2.22. The molecular formula is C22H32N6O2. The van der Waals surface area contributed by atoms with Gasteiger partial charge in [-0.05, 0) is 64.5 Å². The van der Waals surface area contributed by atoms with Gasteiger partial charge in [-0.1, -0.05) is 11.2 Å². The monoisotopic (exact) mass is 412 g/mol. The van der Waals surface area contributed by atoms with Gasteiger partial charge in [0.05, 0.1) is 6.42 Å². The number of carbonyl (C=O) groups is 1. The first-order valence-electron chi connectivity index (χ1n) is 10.3. The van der Waals surface area contributed by atoms with Crippen molar-refractivity contribution >= 4 is 16.9 Å². The van der Waals surface area contributed by atoms with Crippen molar-refractivity contribution in [1.82, 2.24) is 30.7 Å². The molecule has 0 fully saturated rings. The summed E-state index contributed by atoms with van der Waals surface area (Å²) in [6.45, 7) is 7.27. The summed E-state index contributed by atoms with van der Waals surface area (Å²) in [7, 11) is 4.17. The highest BCUT2D eigenvalue weighted by atomic mass is 16.5. The molecule has 3 rings (SSSR count). The number of aromatic amines is 1. The molecule has 162 valence electrons. The summed E-state index contributed by atoms with van der Waals surface area (Å²) in [5.74, 6) is 1.17. The maximum atomic E-state index is 11.8. The van der Waals surface area contributed by atoms with E-state index in [1.807, 2.05) is 20.8 Å². The molecule has 0 aliphatic heterocycles. The number of nitrogens with zero attached hydrogens (tertiary/aromatic N) is 3. The van der Waals surface area contributed by atoms with Gasteiger partial charge < -0.3 is 25.0 Å². The minimum Gasteiger partial charge on any atom is -0.361 e. The molecule has 3 N–H and O–H groups in total. The zero-order valence-electron chi connectivity index (χ0n) is 18.5. The van der Waals surface area contributed by atoms with Crippen LogP contribution in [0.4, 0.5) is 4.79 Å². The molecule has 3 aromatic rings. The summed E-state index contributed by atoms with van der Waals surface area (Å²) in [6.07, 6.45) is 4.19. The minimum atomic E-state index is -0.268. The Bertz CT molecular complexity index is 983. The van der Waals surface area contributed by atoms with Crippen LogP contribution in [0.5, 0.6) is 0 Å². The van der Waals surface area contributed by atoms with Crippen molar-refractivity contribution in [2.24, 2.45) is 0 Å². The number of urea groups is 1. The van der Waals surface area contributed by atoms with Crippen molar-refractivity contribution in [3.8, 4) is 0 Å². The first-order valence-corrected chi connectivity index (χ1v) is 10.3. The average Bonchev–Trinajstić information content (AvgIpc) is 3.25. The summed E-state index contributed by atoms with van der Waals surface area (Å²) in [5, 5.41) is 10.9. The summed E-state index contributed by atoms with van der Waals surface area (Å²) in [5.41, 5.74) is 3.31. The van der Waals surface area contributed by atoms with Crippen LogP contribution in [0.25, 0.3) is 10.9 Å². The Morgan fingerprint density at radius 3 is 2.77 bits per heavy atom. The van der Waals surface area contributed by atoms with Gasteiger partial charge in [0, 0.05) is 42.1 Å². The number of nitrogens with one attached hydrogen (secondary N) is 3. The van der Waals surface area contributed by atoms with Gasteiger partial charge in [0.15, 0.2) is 5.82 Å². The molecule has 0 aliphatic carbocycles. The fourth-order valence-electron chi connectivity index (χ4n) is 3.20. The Kier molecular flexibility index (Phi) is 6.77. The number of amides is 2. The van der Waals surface area contributed by atoms with Crippen molar-refractivity contribution in [2.45, 2.75) is 45.6 Å². The van der Waals surface area contributed by atoms with Gasteiger partial charge in [-0.15, -0.1) is 0 Å². The molecule has 30 heavy (non-hydrogen) atoms. The van der Waals surface area contributed by atoms with Crippen LogP contribution in [-0.4, -0.2) is 58.8 Å². The fourth-order valence-corrected chi connectivity index (χ4v) is 3.20. The summed E-state index contributed by atoms with van der Waals surface area (Å²) >= 11 is 0. The Labute approximate surface area is 177 Å². The van der Waals surface area contributed by atoms with Crippen LogP contribution in [-0.2, 0) is 19.3 Å². The predicted octanol–water partition coefficient (Wildman–Crippen LogP) is 2.89. The van der Waals surface area contributed by atoms with E-state index in [9.17, 15) is 4.79 Å². The number of rotatable bonds is 8. The van der Waals surface area contributed by atoms with Gasteiger partial charge in [0.1, 0.15) is 0 Å². The van der Waals surface area contributed by atoms with E-state index in [4.69, 9.17) is 4.52 Å². The highest BCUT2D eigenvalue weighted by Gasteiger charge is 2.14. The van der Waals surface area contributed by atoms with Crippen molar-refractivity contribution in [3.05, 3.63) is 47.2 Å². The number of carbonyl (C=O) groups excluding carboxylic acids is 1. The van der Waals surface area contributed by atoms with Crippen LogP contribution in [0, 0.1) is 0 Å². The summed E-state index contributed by atoms with van der Waals surface area (Å²) in [6, 6.07) is 6.17. The van der Waals surface area contributed by atoms with E-state index in [0.717, 1.165) is 24.0 Å². The third kappa shape index (κ3) is 6.32. The van der Waals surface area contributed by atoms with E-state index in [0.29, 0.717) is 31.1 Å². The second-order valence-corrected chi connectivity index (χ2v) is 8.91. The first kappa shape index (κ1) is 21.8. The zero-order valence-corrected chi connectivity index (χ0v) is 18.5. The van der Waals surface area contributed by atoms with Crippen molar-refractivity contribution < 1.29 is 9.32 Å². The molecule has 0 bridgehead atoms. The molecule has 0 saturated carbocycles. The number of fused-ring (bicyclic) bond motifs is 1. The van der Waals surface area contributed by atoms with Crippen molar-refractivity contribution in [3.63, 3.8) is 0 Å². The molecule has 0 atom stereocenters. The van der Waals surface area contributed by atoms with E-state index in [2.05, 4.69) is 69.1 Å².